The van der Waals surface area contributed by atoms with E-state index >= 15 is 0 Å². The summed E-state index contributed by atoms with van der Waals surface area (Å²) in [6.07, 6.45) is 0.810. The zero-order valence-electron chi connectivity index (χ0n) is 9.54. The SMILES string of the molecule is O=C1COC(CCO)CN1C1CCS(=O)(=O)C1. The fourth-order valence-corrected chi connectivity index (χ4v) is 4.07. The molecule has 0 aromatic heterocycles. The van der Waals surface area contributed by atoms with Gasteiger partial charge in [-0.05, 0) is 12.8 Å². The van der Waals surface area contributed by atoms with Gasteiger partial charge < -0.3 is 14.7 Å². The fraction of sp³-hybridized carbons (Fsp3) is 0.900. The Morgan fingerprint density at radius 3 is 2.82 bits per heavy atom. The van der Waals surface area contributed by atoms with E-state index in [4.69, 9.17) is 9.84 Å². The predicted molar refractivity (Wildman–Crippen MR) is 60.2 cm³/mol. The molecule has 2 rings (SSSR count). The van der Waals surface area contributed by atoms with Gasteiger partial charge in [0.25, 0.3) is 0 Å². The van der Waals surface area contributed by atoms with Crippen molar-refractivity contribution in [1.29, 1.82) is 0 Å². The van der Waals surface area contributed by atoms with E-state index < -0.39 is 9.84 Å². The number of sulfone groups is 1. The van der Waals surface area contributed by atoms with E-state index in [0.29, 0.717) is 19.4 Å². The zero-order chi connectivity index (χ0) is 12.5. The van der Waals surface area contributed by atoms with E-state index in [2.05, 4.69) is 0 Å². The van der Waals surface area contributed by atoms with Crippen LogP contribution in [0.4, 0.5) is 0 Å². The summed E-state index contributed by atoms with van der Waals surface area (Å²) in [5.74, 6) is 0.0682. The number of aliphatic hydroxyl groups excluding tert-OH is 1. The smallest absolute Gasteiger partial charge is 0.248 e. The molecule has 2 fully saturated rings. The van der Waals surface area contributed by atoms with Gasteiger partial charge in [-0.25, -0.2) is 8.42 Å². The molecule has 2 atom stereocenters. The molecule has 1 N–H and O–H groups in total. The average Bonchev–Trinajstić information content (AvgIpc) is 2.62. The van der Waals surface area contributed by atoms with Crippen molar-refractivity contribution >= 4 is 15.7 Å². The van der Waals surface area contributed by atoms with Gasteiger partial charge in [-0.3, -0.25) is 4.79 Å². The molecule has 0 aliphatic carbocycles. The van der Waals surface area contributed by atoms with Gasteiger partial charge in [0.2, 0.25) is 5.91 Å². The van der Waals surface area contributed by atoms with Crippen LogP contribution in [0.15, 0.2) is 0 Å². The number of aliphatic hydroxyl groups is 1. The highest BCUT2D eigenvalue weighted by molar-refractivity contribution is 7.91. The lowest BCUT2D eigenvalue weighted by molar-refractivity contribution is -0.152. The maximum Gasteiger partial charge on any atom is 0.248 e. The summed E-state index contributed by atoms with van der Waals surface area (Å²) in [6, 6.07) is -0.211. The largest absolute Gasteiger partial charge is 0.396 e. The molecule has 2 heterocycles. The second kappa shape index (κ2) is 4.91. The molecular weight excluding hydrogens is 246 g/mol. The van der Waals surface area contributed by atoms with Gasteiger partial charge in [-0.2, -0.15) is 0 Å². The van der Waals surface area contributed by atoms with Crippen LogP contribution in [0.2, 0.25) is 0 Å². The molecule has 1 amide bonds. The van der Waals surface area contributed by atoms with Crippen molar-refractivity contribution < 1.29 is 23.1 Å². The molecule has 2 aliphatic heterocycles. The third kappa shape index (κ3) is 2.97. The summed E-state index contributed by atoms with van der Waals surface area (Å²) in [7, 11) is -2.98. The standard InChI is InChI=1S/C10H17NO5S/c12-3-1-9-5-11(10(13)6-16-9)8-2-4-17(14,15)7-8/h8-9,12H,1-7H2. The maximum atomic E-state index is 11.7. The first-order valence-electron chi connectivity index (χ1n) is 5.74. The van der Waals surface area contributed by atoms with Gasteiger partial charge in [0.1, 0.15) is 6.61 Å². The number of morpholine rings is 1. The number of amides is 1. The Labute approximate surface area is 100 Å². The van der Waals surface area contributed by atoms with E-state index in [1.807, 2.05) is 0 Å². The van der Waals surface area contributed by atoms with Crippen molar-refractivity contribution in [3.05, 3.63) is 0 Å². The molecule has 2 unspecified atom stereocenters. The van der Waals surface area contributed by atoms with Crippen molar-refractivity contribution in [2.45, 2.75) is 25.0 Å². The molecule has 0 saturated carbocycles. The maximum absolute atomic E-state index is 11.7. The van der Waals surface area contributed by atoms with Crippen LogP contribution in [0.1, 0.15) is 12.8 Å². The number of hydrogen-bond donors (Lipinski definition) is 1. The molecule has 7 heteroatoms. The highest BCUT2D eigenvalue weighted by atomic mass is 32.2. The molecule has 2 aliphatic rings. The molecule has 0 bridgehead atoms. The summed E-state index contributed by atoms with van der Waals surface area (Å²) in [4.78, 5) is 13.3. The second-order valence-electron chi connectivity index (χ2n) is 4.55. The van der Waals surface area contributed by atoms with Gasteiger partial charge in [0.15, 0.2) is 9.84 Å². The van der Waals surface area contributed by atoms with Crippen molar-refractivity contribution in [2.24, 2.45) is 0 Å². The first-order chi connectivity index (χ1) is 8.02. The van der Waals surface area contributed by atoms with Crippen LogP contribution in [0.25, 0.3) is 0 Å². The lowest BCUT2D eigenvalue weighted by atomic mass is 10.1. The Kier molecular flexibility index (Phi) is 3.70. The molecule has 2 saturated heterocycles. The van der Waals surface area contributed by atoms with Crippen molar-refractivity contribution in [2.75, 3.05) is 31.3 Å². The number of rotatable bonds is 3. The number of ether oxygens (including phenoxy) is 1. The monoisotopic (exact) mass is 263 g/mol. The molecule has 17 heavy (non-hydrogen) atoms. The normalized spacial score (nSPS) is 33.0. The first-order valence-corrected chi connectivity index (χ1v) is 7.56. The van der Waals surface area contributed by atoms with E-state index in [1.165, 1.54) is 0 Å². The Morgan fingerprint density at radius 1 is 1.47 bits per heavy atom. The Bertz CT molecular complexity index is 394. The minimum atomic E-state index is -2.98. The van der Waals surface area contributed by atoms with Gasteiger partial charge in [-0.15, -0.1) is 0 Å². The number of nitrogens with zero attached hydrogens (tertiary/aromatic N) is 1. The third-order valence-electron chi connectivity index (χ3n) is 3.26. The van der Waals surface area contributed by atoms with Gasteiger partial charge in [-0.1, -0.05) is 0 Å². The topological polar surface area (TPSA) is 83.9 Å². The van der Waals surface area contributed by atoms with Crippen LogP contribution < -0.4 is 0 Å². The average molecular weight is 263 g/mol. The van der Waals surface area contributed by atoms with Crippen molar-refractivity contribution in [1.82, 2.24) is 4.90 Å². The van der Waals surface area contributed by atoms with Crippen LogP contribution in [0.5, 0.6) is 0 Å². The van der Waals surface area contributed by atoms with Gasteiger partial charge >= 0.3 is 0 Å². The van der Waals surface area contributed by atoms with Crippen LogP contribution >= 0.6 is 0 Å². The number of hydrogen-bond acceptors (Lipinski definition) is 5. The molecule has 0 spiro atoms. The predicted octanol–water partition coefficient (Wildman–Crippen LogP) is -1.22. The molecule has 0 aromatic carbocycles. The Morgan fingerprint density at radius 2 is 2.24 bits per heavy atom. The lowest BCUT2D eigenvalue weighted by Gasteiger charge is -2.36. The summed E-state index contributed by atoms with van der Waals surface area (Å²) in [5, 5.41) is 8.84. The first kappa shape index (κ1) is 12.8. The van der Waals surface area contributed by atoms with Crippen LogP contribution in [0.3, 0.4) is 0 Å². The molecule has 0 aromatic rings. The Hall–Kier alpha value is -0.660. The highest BCUT2D eigenvalue weighted by Gasteiger charge is 2.37. The van der Waals surface area contributed by atoms with E-state index in [-0.39, 0.29) is 42.8 Å². The third-order valence-corrected chi connectivity index (χ3v) is 5.01. The highest BCUT2D eigenvalue weighted by Crippen LogP contribution is 2.21. The van der Waals surface area contributed by atoms with Crippen molar-refractivity contribution in [3.8, 4) is 0 Å². The lowest BCUT2D eigenvalue weighted by Crippen LogP contribution is -2.52. The minimum Gasteiger partial charge on any atom is -0.396 e. The van der Waals surface area contributed by atoms with Gasteiger partial charge in [0, 0.05) is 19.2 Å². The Balaban J connectivity index is 2.01. The second-order valence-corrected chi connectivity index (χ2v) is 6.78. The number of carbonyl (C=O) groups is 1. The summed E-state index contributed by atoms with van der Waals surface area (Å²) >= 11 is 0. The molecular formula is C10H17NO5S. The quantitative estimate of drug-likeness (QED) is 0.690. The van der Waals surface area contributed by atoms with E-state index in [9.17, 15) is 13.2 Å². The van der Waals surface area contributed by atoms with Crippen molar-refractivity contribution in [3.63, 3.8) is 0 Å². The summed E-state index contributed by atoms with van der Waals surface area (Å²) < 4.78 is 28.0. The molecule has 6 nitrogen and oxygen atoms in total. The van der Waals surface area contributed by atoms with E-state index in [1.54, 1.807) is 4.90 Å². The molecule has 98 valence electrons. The van der Waals surface area contributed by atoms with Crippen LogP contribution in [-0.2, 0) is 19.4 Å². The zero-order valence-corrected chi connectivity index (χ0v) is 10.4. The van der Waals surface area contributed by atoms with Gasteiger partial charge in [0.05, 0.1) is 17.6 Å². The minimum absolute atomic E-state index is 0.00959. The summed E-state index contributed by atoms with van der Waals surface area (Å²) in [5.41, 5.74) is 0. The number of carbonyl (C=O) groups excluding carboxylic acids is 1. The van der Waals surface area contributed by atoms with E-state index in [0.717, 1.165) is 0 Å². The van der Waals surface area contributed by atoms with Crippen LogP contribution in [-0.4, -0.2) is 67.7 Å². The summed E-state index contributed by atoms with van der Waals surface area (Å²) in [6.45, 7) is 0.385. The molecule has 0 radical (unpaired) electrons. The fourth-order valence-electron chi connectivity index (χ4n) is 2.34. The van der Waals surface area contributed by atoms with Crippen LogP contribution in [0, 0.1) is 0 Å².